The van der Waals surface area contributed by atoms with Crippen LogP contribution in [0.25, 0.3) is 0 Å². The lowest BCUT2D eigenvalue weighted by Gasteiger charge is -2.31. The summed E-state index contributed by atoms with van der Waals surface area (Å²) < 4.78 is 0. The van der Waals surface area contributed by atoms with Crippen molar-refractivity contribution < 1.29 is 5.21 Å². The Hall–Kier alpha value is -1.55. The highest BCUT2D eigenvalue weighted by Crippen LogP contribution is 2.21. The average molecular weight is 261 g/mol. The second kappa shape index (κ2) is 7.14. The van der Waals surface area contributed by atoms with E-state index in [9.17, 15) is 0 Å². The summed E-state index contributed by atoms with van der Waals surface area (Å²) in [5.41, 5.74) is 6.94. The van der Waals surface area contributed by atoms with Gasteiger partial charge >= 0.3 is 0 Å². The summed E-state index contributed by atoms with van der Waals surface area (Å²) in [6.45, 7) is 3.14. The molecular weight excluding hydrogens is 238 g/mol. The second-order valence-electron chi connectivity index (χ2n) is 5.32. The Morgan fingerprint density at radius 1 is 1.26 bits per heavy atom. The molecule has 0 aromatic heterocycles. The minimum atomic E-state index is 0.325. The Kier molecular flexibility index (Phi) is 5.21. The first-order valence-electron chi connectivity index (χ1n) is 7.00. The van der Waals surface area contributed by atoms with Crippen molar-refractivity contribution in [3.05, 3.63) is 35.9 Å². The van der Waals surface area contributed by atoms with E-state index in [1.54, 1.807) is 0 Å². The lowest BCUT2D eigenvalue weighted by atomic mass is 9.90. The highest BCUT2D eigenvalue weighted by atomic mass is 16.4. The van der Waals surface area contributed by atoms with Crippen molar-refractivity contribution in [2.75, 3.05) is 19.6 Å². The molecule has 1 aromatic carbocycles. The van der Waals surface area contributed by atoms with Gasteiger partial charge in [-0.2, -0.15) is 0 Å². The van der Waals surface area contributed by atoms with E-state index in [4.69, 9.17) is 10.9 Å². The lowest BCUT2D eigenvalue weighted by Crippen LogP contribution is -2.36. The van der Waals surface area contributed by atoms with Gasteiger partial charge in [0.1, 0.15) is 5.84 Å². The number of nitrogens with two attached hydrogens (primary N) is 1. The van der Waals surface area contributed by atoms with Gasteiger partial charge in [-0.1, -0.05) is 35.5 Å². The fourth-order valence-electron chi connectivity index (χ4n) is 2.68. The van der Waals surface area contributed by atoms with Crippen LogP contribution in [0.3, 0.4) is 0 Å². The van der Waals surface area contributed by atoms with E-state index in [2.05, 4.69) is 40.4 Å². The van der Waals surface area contributed by atoms with Crippen LogP contribution < -0.4 is 5.73 Å². The molecular formula is C15H23N3O. The Morgan fingerprint density at radius 3 is 2.58 bits per heavy atom. The minimum absolute atomic E-state index is 0.325. The molecule has 1 aliphatic rings. The maximum absolute atomic E-state index is 8.51. The largest absolute Gasteiger partial charge is 0.409 e. The van der Waals surface area contributed by atoms with Gasteiger partial charge in [0.15, 0.2) is 0 Å². The van der Waals surface area contributed by atoms with E-state index in [0.717, 1.165) is 25.6 Å². The van der Waals surface area contributed by atoms with Crippen LogP contribution in [-0.2, 0) is 6.42 Å². The predicted octanol–water partition coefficient (Wildman–Crippen LogP) is 2.08. The van der Waals surface area contributed by atoms with Crippen molar-refractivity contribution in [1.29, 1.82) is 0 Å². The van der Waals surface area contributed by atoms with Gasteiger partial charge in [-0.25, -0.2) is 0 Å². The minimum Gasteiger partial charge on any atom is -0.409 e. The molecule has 0 aliphatic carbocycles. The quantitative estimate of drug-likeness (QED) is 0.369. The standard InChI is InChI=1S/C15H23N3O/c16-15(17-19)8-11-18-9-6-14(7-10-18)12-13-4-2-1-3-5-13/h1-5,14,19H,6-12H2,(H2,16,17). The van der Waals surface area contributed by atoms with Crippen LogP contribution in [0.1, 0.15) is 24.8 Å². The maximum atomic E-state index is 8.51. The molecule has 104 valence electrons. The number of likely N-dealkylation sites (tertiary alicyclic amines) is 1. The number of hydrogen-bond donors (Lipinski definition) is 2. The summed E-state index contributed by atoms with van der Waals surface area (Å²) >= 11 is 0. The third kappa shape index (κ3) is 4.56. The van der Waals surface area contributed by atoms with Gasteiger partial charge in [-0.05, 0) is 43.8 Å². The normalized spacial score (nSPS) is 18.6. The number of hydrogen-bond acceptors (Lipinski definition) is 3. The number of benzene rings is 1. The predicted molar refractivity (Wildman–Crippen MR) is 77.3 cm³/mol. The van der Waals surface area contributed by atoms with Crippen molar-refractivity contribution >= 4 is 5.84 Å². The van der Waals surface area contributed by atoms with Crippen molar-refractivity contribution in [1.82, 2.24) is 4.90 Å². The number of rotatable bonds is 5. The first-order chi connectivity index (χ1) is 9.28. The second-order valence-corrected chi connectivity index (χ2v) is 5.32. The number of piperidine rings is 1. The molecule has 1 aromatic rings. The molecule has 1 fully saturated rings. The van der Waals surface area contributed by atoms with Gasteiger partial charge in [-0.15, -0.1) is 0 Å². The van der Waals surface area contributed by atoms with Gasteiger partial charge in [0.05, 0.1) is 0 Å². The first-order valence-corrected chi connectivity index (χ1v) is 7.00. The summed E-state index contributed by atoms with van der Waals surface area (Å²) in [6, 6.07) is 10.7. The van der Waals surface area contributed by atoms with Gasteiger partial charge < -0.3 is 15.8 Å². The average Bonchev–Trinajstić information content (AvgIpc) is 2.47. The summed E-state index contributed by atoms with van der Waals surface area (Å²) in [6.07, 6.45) is 4.32. The molecule has 0 bridgehead atoms. The Labute approximate surface area is 114 Å². The highest BCUT2D eigenvalue weighted by Gasteiger charge is 2.19. The molecule has 1 heterocycles. The zero-order valence-electron chi connectivity index (χ0n) is 11.3. The summed E-state index contributed by atoms with van der Waals surface area (Å²) in [5.74, 6) is 1.12. The Bertz CT molecular complexity index is 397. The molecule has 0 saturated carbocycles. The molecule has 4 heteroatoms. The zero-order valence-corrected chi connectivity index (χ0v) is 11.3. The smallest absolute Gasteiger partial charge is 0.140 e. The Morgan fingerprint density at radius 2 is 1.95 bits per heavy atom. The van der Waals surface area contributed by atoms with E-state index in [1.807, 2.05) is 0 Å². The lowest BCUT2D eigenvalue weighted by molar-refractivity contribution is 0.187. The van der Waals surface area contributed by atoms with E-state index in [0.29, 0.717) is 12.3 Å². The van der Waals surface area contributed by atoms with Crippen LogP contribution in [0.15, 0.2) is 35.5 Å². The zero-order chi connectivity index (χ0) is 13.5. The molecule has 4 nitrogen and oxygen atoms in total. The van der Waals surface area contributed by atoms with Crippen molar-refractivity contribution in [3.8, 4) is 0 Å². The molecule has 19 heavy (non-hydrogen) atoms. The number of amidine groups is 1. The molecule has 1 saturated heterocycles. The first kappa shape index (κ1) is 13.9. The summed E-state index contributed by atoms with van der Waals surface area (Å²) in [5, 5.41) is 11.5. The molecule has 3 N–H and O–H groups in total. The van der Waals surface area contributed by atoms with E-state index < -0.39 is 0 Å². The molecule has 0 unspecified atom stereocenters. The van der Waals surface area contributed by atoms with E-state index in [-0.39, 0.29) is 0 Å². The van der Waals surface area contributed by atoms with Crippen molar-refractivity contribution in [3.63, 3.8) is 0 Å². The highest BCUT2D eigenvalue weighted by molar-refractivity contribution is 5.79. The maximum Gasteiger partial charge on any atom is 0.140 e. The van der Waals surface area contributed by atoms with Gasteiger partial charge in [0, 0.05) is 13.0 Å². The van der Waals surface area contributed by atoms with Crippen LogP contribution >= 0.6 is 0 Å². The topological polar surface area (TPSA) is 61.8 Å². The van der Waals surface area contributed by atoms with Crippen molar-refractivity contribution in [2.24, 2.45) is 16.8 Å². The van der Waals surface area contributed by atoms with Gasteiger partial charge in [0.25, 0.3) is 0 Å². The number of nitrogens with zero attached hydrogens (tertiary/aromatic N) is 2. The molecule has 0 atom stereocenters. The van der Waals surface area contributed by atoms with Crippen LogP contribution in [0, 0.1) is 5.92 Å². The Balaban J connectivity index is 1.71. The fraction of sp³-hybridized carbons (Fsp3) is 0.533. The molecule has 1 aliphatic heterocycles. The third-order valence-electron chi connectivity index (χ3n) is 3.89. The van der Waals surface area contributed by atoms with E-state index >= 15 is 0 Å². The summed E-state index contributed by atoms with van der Waals surface area (Å²) in [4.78, 5) is 2.40. The monoisotopic (exact) mass is 261 g/mol. The van der Waals surface area contributed by atoms with Crippen LogP contribution in [-0.4, -0.2) is 35.6 Å². The SMILES string of the molecule is N/C(CCN1CCC(Cc2ccccc2)CC1)=N\O. The van der Waals surface area contributed by atoms with Crippen LogP contribution in [0.4, 0.5) is 0 Å². The molecule has 0 amide bonds. The molecule has 0 radical (unpaired) electrons. The van der Waals surface area contributed by atoms with Gasteiger partial charge in [-0.3, -0.25) is 0 Å². The fourth-order valence-corrected chi connectivity index (χ4v) is 2.68. The van der Waals surface area contributed by atoms with Gasteiger partial charge in [0.2, 0.25) is 0 Å². The number of oxime groups is 1. The molecule has 2 rings (SSSR count). The third-order valence-corrected chi connectivity index (χ3v) is 3.89. The van der Waals surface area contributed by atoms with E-state index in [1.165, 1.54) is 24.8 Å². The van der Waals surface area contributed by atoms with Crippen LogP contribution in [0.2, 0.25) is 0 Å². The summed E-state index contributed by atoms with van der Waals surface area (Å²) in [7, 11) is 0. The van der Waals surface area contributed by atoms with Crippen molar-refractivity contribution in [2.45, 2.75) is 25.7 Å². The molecule has 0 spiro atoms. The van der Waals surface area contributed by atoms with Crippen LogP contribution in [0.5, 0.6) is 0 Å².